The van der Waals surface area contributed by atoms with Gasteiger partial charge in [0.05, 0.1) is 5.56 Å². The number of aromatic nitrogens is 1. The number of oxazole rings is 1. The molecule has 0 atom stereocenters. The van der Waals surface area contributed by atoms with E-state index in [0.717, 1.165) is 72.8 Å². The molecule has 0 unspecified atom stereocenters. The summed E-state index contributed by atoms with van der Waals surface area (Å²) in [5.74, 6) is 0.897. The molecule has 2 N–H and O–H groups in total. The number of para-hydroxylation sites is 2. The summed E-state index contributed by atoms with van der Waals surface area (Å²) in [5.41, 5.74) is 2.18. The van der Waals surface area contributed by atoms with E-state index in [1.54, 1.807) is 23.9 Å². The zero-order valence-corrected chi connectivity index (χ0v) is 16.7. The summed E-state index contributed by atoms with van der Waals surface area (Å²) >= 11 is 1.63. The Morgan fingerprint density at radius 3 is 2.64 bits per heavy atom. The standard InChI is InChI=1S/C22H26N2O3S/c25-22(26)17-9-2-5-12-20(17)28-16-7-1-6-14-23-15-8-13-21-24-18-10-3-4-11-19(18)27-21/h2-5,9-12,23H,1,6-8,13-16H2,(H,25,26). The van der Waals surface area contributed by atoms with Crippen molar-refractivity contribution in [3.8, 4) is 0 Å². The summed E-state index contributed by atoms with van der Waals surface area (Å²) in [6, 6.07) is 15.1. The molecule has 5 nitrogen and oxygen atoms in total. The minimum Gasteiger partial charge on any atom is -0.478 e. The van der Waals surface area contributed by atoms with Crippen molar-refractivity contribution in [3.63, 3.8) is 0 Å². The number of hydrogen-bond acceptors (Lipinski definition) is 5. The zero-order valence-electron chi connectivity index (χ0n) is 15.9. The fourth-order valence-electron chi connectivity index (χ4n) is 3.00. The van der Waals surface area contributed by atoms with Gasteiger partial charge in [0.25, 0.3) is 0 Å². The van der Waals surface area contributed by atoms with Gasteiger partial charge in [0.2, 0.25) is 0 Å². The topological polar surface area (TPSA) is 75.4 Å². The van der Waals surface area contributed by atoms with E-state index in [4.69, 9.17) is 4.42 Å². The summed E-state index contributed by atoms with van der Waals surface area (Å²) in [6.45, 7) is 1.96. The maximum atomic E-state index is 11.2. The van der Waals surface area contributed by atoms with Crippen molar-refractivity contribution in [2.75, 3.05) is 18.8 Å². The molecular weight excluding hydrogens is 372 g/mol. The quantitative estimate of drug-likeness (QED) is 0.330. The molecule has 0 aliphatic heterocycles. The van der Waals surface area contributed by atoms with Gasteiger partial charge in [0.15, 0.2) is 11.5 Å². The van der Waals surface area contributed by atoms with Crippen LogP contribution in [0.5, 0.6) is 0 Å². The predicted molar refractivity (Wildman–Crippen MR) is 113 cm³/mol. The highest BCUT2D eigenvalue weighted by Gasteiger charge is 2.08. The minimum atomic E-state index is -0.856. The second kappa shape index (κ2) is 10.9. The first-order chi connectivity index (χ1) is 13.7. The maximum absolute atomic E-state index is 11.2. The van der Waals surface area contributed by atoms with Crippen molar-refractivity contribution in [1.29, 1.82) is 0 Å². The lowest BCUT2D eigenvalue weighted by Gasteiger charge is -2.06. The Morgan fingerprint density at radius 2 is 1.79 bits per heavy atom. The SMILES string of the molecule is O=C(O)c1ccccc1SCCCCCNCCCc1nc2ccccc2o1. The molecule has 0 saturated heterocycles. The van der Waals surface area contributed by atoms with Crippen LogP contribution in [0.2, 0.25) is 0 Å². The smallest absolute Gasteiger partial charge is 0.336 e. The van der Waals surface area contributed by atoms with Gasteiger partial charge in [-0.1, -0.05) is 30.7 Å². The normalized spacial score (nSPS) is 11.1. The summed E-state index contributed by atoms with van der Waals surface area (Å²) in [7, 11) is 0. The summed E-state index contributed by atoms with van der Waals surface area (Å²) < 4.78 is 5.72. The Morgan fingerprint density at radius 1 is 1.00 bits per heavy atom. The summed E-state index contributed by atoms with van der Waals surface area (Å²) in [4.78, 5) is 16.5. The predicted octanol–water partition coefficient (Wildman–Crippen LogP) is 5.01. The van der Waals surface area contributed by atoms with Crippen molar-refractivity contribution in [2.45, 2.75) is 37.0 Å². The van der Waals surface area contributed by atoms with E-state index >= 15 is 0 Å². The van der Waals surface area contributed by atoms with E-state index in [-0.39, 0.29) is 0 Å². The number of carbonyl (C=O) groups is 1. The number of fused-ring (bicyclic) bond motifs is 1. The Kier molecular flexibility index (Phi) is 7.94. The summed E-state index contributed by atoms with van der Waals surface area (Å²) in [6.07, 6.45) is 5.21. The number of hydrogen-bond donors (Lipinski definition) is 2. The van der Waals surface area contributed by atoms with E-state index in [1.165, 1.54) is 0 Å². The van der Waals surface area contributed by atoms with E-state index < -0.39 is 5.97 Å². The van der Waals surface area contributed by atoms with Crippen LogP contribution in [0.3, 0.4) is 0 Å². The molecule has 3 rings (SSSR count). The highest BCUT2D eigenvalue weighted by atomic mass is 32.2. The molecule has 0 radical (unpaired) electrons. The number of aryl methyl sites for hydroxylation is 1. The van der Waals surface area contributed by atoms with Gasteiger partial charge in [-0.3, -0.25) is 0 Å². The van der Waals surface area contributed by atoms with Crippen molar-refractivity contribution in [2.24, 2.45) is 0 Å². The number of nitrogens with one attached hydrogen (secondary N) is 1. The largest absolute Gasteiger partial charge is 0.478 e. The van der Waals surface area contributed by atoms with E-state index in [2.05, 4.69) is 10.3 Å². The third-order valence-corrected chi connectivity index (χ3v) is 5.62. The first-order valence-electron chi connectivity index (χ1n) is 9.74. The number of benzene rings is 2. The monoisotopic (exact) mass is 398 g/mol. The molecule has 1 aromatic heterocycles. The first-order valence-corrected chi connectivity index (χ1v) is 10.7. The lowest BCUT2D eigenvalue weighted by atomic mass is 10.2. The van der Waals surface area contributed by atoms with Crippen LogP contribution in [0.1, 0.15) is 41.9 Å². The Labute approximate surface area is 169 Å². The van der Waals surface area contributed by atoms with Crippen LogP contribution in [-0.4, -0.2) is 34.9 Å². The van der Waals surface area contributed by atoms with Crippen LogP contribution in [0, 0.1) is 0 Å². The van der Waals surface area contributed by atoms with Crippen LogP contribution >= 0.6 is 11.8 Å². The van der Waals surface area contributed by atoms with Crippen LogP contribution in [0.25, 0.3) is 11.1 Å². The van der Waals surface area contributed by atoms with E-state index in [0.29, 0.717) is 5.56 Å². The lowest BCUT2D eigenvalue weighted by molar-refractivity contribution is 0.0693. The lowest BCUT2D eigenvalue weighted by Crippen LogP contribution is -2.17. The number of aromatic carboxylic acids is 1. The van der Waals surface area contributed by atoms with Gasteiger partial charge in [0.1, 0.15) is 5.52 Å². The van der Waals surface area contributed by atoms with Gasteiger partial charge in [-0.15, -0.1) is 11.8 Å². The second-order valence-electron chi connectivity index (χ2n) is 6.64. The number of carboxylic acids is 1. The van der Waals surface area contributed by atoms with Crippen molar-refractivity contribution < 1.29 is 14.3 Å². The number of nitrogens with zero attached hydrogens (tertiary/aromatic N) is 1. The maximum Gasteiger partial charge on any atom is 0.336 e. The highest BCUT2D eigenvalue weighted by Crippen LogP contribution is 2.23. The number of thioether (sulfide) groups is 1. The first kappa shape index (κ1) is 20.4. The third-order valence-electron chi connectivity index (χ3n) is 4.46. The highest BCUT2D eigenvalue weighted by molar-refractivity contribution is 7.99. The minimum absolute atomic E-state index is 0.396. The van der Waals surface area contributed by atoms with Crippen molar-refractivity contribution >= 4 is 28.8 Å². The number of carboxylic acid groups (broad SMARTS) is 1. The number of unbranched alkanes of at least 4 members (excludes halogenated alkanes) is 2. The van der Waals surface area contributed by atoms with Crippen LogP contribution in [0.4, 0.5) is 0 Å². The molecule has 0 saturated carbocycles. The zero-order chi connectivity index (χ0) is 19.6. The molecule has 0 fully saturated rings. The van der Waals surface area contributed by atoms with Crippen molar-refractivity contribution in [1.82, 2.24) is 10.3 Å². The molecule has 0 amide bonds. The second-order valence-corrected chi connectivity index (χ2v) is 7.78. The molecule has 28 heavy (non-hydrogen) atoms. The van der Waals surface area contributed by atoms with Crippen LogP contribution in [-0.2, 0) is 6.42 Å². The molecule has 6 heteroatoms. The Hall–Kier alpha value is -2.31. The van der Waals surface area contributed by atoms with Gasteiger partial charge in [-0.05, 0) is 62.4 Å². The molecule has 0 bridgehead atoms. The Bertz CT molecular complexity index is 861. The third kappa shape index (κ3) is 6.11. The number of rotatable bonds is 12. The Balaban J connectivity index is 1.22. The van der Waals surface area contributed by atoms with Gasteiger partial charge in [-0.2, -0.15) is 0 Å². The van der Waals surface area contributed by atoms with Gasteiger partial charge >= 0.3 is 5.97 Å². The summed E-state index contributed by atoms with van der Waals surface area (Å²) in [5, 5.41) is 12.7. The average molecular weight is 399 g/mol. The van der Waals surface area contributed by atoms with Gasteiger partial charge in [-0.25, -0.2) is 9.78 Å². The molecular formula is C22H26N2O3S. The van der Waals surface area contributed by atoms with Crippen LogP contribution in [0.15, 0.2) is 57.8 Å². The fraction of sp³-hybridized carbons (Fsp3) is 0.364. The molecule has 2 aromatic carbocycles. The molecule has 0 aliphatic rings. The van der Waals surface area contributed by atoms with Crippen molar-refractivity contribution in [3.05, 3.63) is 60.0 Å². The van der Waals surface area contributed by atoms with Gasteiger partial charge in [0, 0.05) is 11.3 Å². The molecule has 1 heterocycles. The molecule has 0 aliphatic carbocycles. The molecule has 0 spiro atoms. The molecule has 3 aromatic rings. The fourth-order valence-corrected chi connectivity index (χ4v) is 4.05. The average Bonchev–Trinajstić information content (AvgIpc) is 3.12. The van der Waals surface area contributed by atoms with E-state index in [1.807, 2.05) is 36.4 Å². The molecule has 148 valence electrons. The van der Waals surface area contributed by atoms with Gasteiger partial charge < -0.3 is 14.8 Å². The van der Waals surface area contributed by atoms with Crippen LogP contribution < -0.4 is 5.32 Å². The van der Waals surface area contributed by atoms with E-state index in [9.17, 15) is 9.90 Å².